The summed E-state index contributed by atoms with van der Waals surface area (Å²) in [7, 11) is 2.09. The van der Waals surface area contributed by atoms with Crippen LogP contribution >= 0.6 is 11.3 Å². The highest BCUT2D eigenvalue weighted by Gasteiger charge is 2.29. The van der Waals surface area contributed by atoms with Crippen LogP contribution in [0.15, 0.2) is 24.0 Å². The molecule has 1 fully saturated rings. The molecular formula is C17H21FN4OS. The van der Waals surface area contributed by atoms with E-state index in [1.165, 1.54) is 17.1 Å². The second-order valence-electron chi connectivity index (χ2n) is 6.32. The molecule has 1 aliphatic heterocycles. The third-order valence-corrected chi connectivity index (χ3v) is 5.32. The van der Waals surface area contributed by atoms with Gasteiger partial charge in [-0.2, -0.15) is 0 Å². The SMILES string of the molecule is Cc1ncsc1CN(C)C[C@H]1CCN(C(=O)c2ccncc2F)C1. The second-order valence-corrected chi connectivity index (χ2v) is 7.26. The molecule has 1 aliphatic rings. The molecule has 3 rings (SSSR count). The molecule has 5 nitrogen and oxygen atoms in total. The van der Waals surface area contributed by atoms with Crippen LogP contribution in [-0.2, 0) is 6.54 Å². The fraction of sp³-hybridized carbons (Fsp3) is 0.471. The number of rotatable bonds is 5. The van der Waals surface area contributed by atoms with Gasteiger partial charge < -0.3 is 9.80 Å². The summed E-state index contributed by atoms with van der Waals surface area (Å²) in [5.41, 5.74) is 3.07. The molecule has 0 unspecified atom stereocenters. The lowest BCUT2D eigenvalue weighted by Gasteiger charge is -2.21. The number of likely N-dealkylation sites (tertiary alicyclic amines) is 1. The van der Waals surface area contributed by atoms with Gasteiger partial charge in [0.25, 0.3) is 5.91 Å². The number of aryl methyl sites for hydroxylation is 1. The van der Waals surface area contributed by atoms with Crippen LogP contribution in [0, 0.1) is 18.7 Å². The average Bonchev–Trinajstić information content (AvgIpc) is 3.17. The topological polar surface area (TPSA) is 49.3 Å². The number of nitrogens with zero attached hydrogens (tertiary/aromatic N) is 4. The Morgan fingerprint density at radius 3 is 3.08 bits per heavy atom. The number of carbonyl (C=O) groups is 1. The molecule has 0 aromatic carbocycles. The number of thiazole rings is 1. The quantitative estimate of drug-likeness (QED) is 0.833. The van der Waals surface area contributed by atoms with E-state index >= 15 is 0 Å². The number of carbonyl (C=O) groups excluding carboxylic acids is 1. The summed E-state index contributed by atoms with van der Waals surface area (Å²) in [6.07, 6.45) is 3.49. The van der Waals surface area contributed by atoms with Gasteiger partial charge in [-0.3, -0.25) is 9.78 Å². The van der Waals surface area contributed by atoms with E-state index < -0.39 is 5.82 Å². The molecule has 1 saturated heterocycles. The van der Waals surface area contributed by atoms with Gasteiger partial charge in [0.05, 0.1) is 23.0 Å². The van der Waals surface area contributed by atoms with E-state index in [1.54, 1.807) is 16.2 Å². The van der Waals surface area contributed by atoms with Gasteiger partial charge in [0, 0.05) is 37.3 Å². The third-order valence-electron chi connectivity index (χ3n) is 4.40. The predicted molar refractivity (Wildman–Crippen MR) is 91.4 cm³/mol. The maximum Gasteiger partial charge on any atom is 0.256 e. The lowest BCUT2D eigenvalue weighted by Crippen LogP contribution is -2.32. The standard InChI is InChI=1S/C17H21FN4OS/c1-12-16(24-11-20-12)10-21(2)8-13-4-6-22(9-13)17(23)14-3-5-19-7-15(14)18/h3,5,7,11,13H,4,6,8-10H2,1-2H3/t13-/m1/s1. The normalized spacial score (nSPS) is 17.7. The van der Waals surface area contributed by atoms with Crippen molar-refractivity contribution in [3.63, 3.8) is 0 Å². The third kappa shape index (κ3) is 3.79. The summed E-state index contributed by atoms with van der Waals surface area (Å²) in [4.78, 5) is 25.7. The van der Waals surface area contributed by atoms with Crippen LogP contribution in [0.2, 0.25) is 0 Å². The highest BCUT2D eigenvalue weighted by molar-refractivity contribution is 7.09. The maximum absolute atomic E-state index is 13.7. The number of pyridine rings is 1. The monoisotopic (exact) mass is 348 g/mol. The van der Waals surface area contributed by atoms with Crippen LogP contribution in [0.4, 0.5) is 4.39 Å². The minimum atomic E-state index is -0.552. The lowest BCUT2D eigenvalue weighted by atomic mass is 10.1. The maximum atomic E-state index is 13.7. The summed E-state index contributed by atoms with van der Waals surface area (Å²) in [5.74, 6) is -0.376. The Labute approximate surface area is 145 Å². The van der Waals surface area contributed by atoms with Crippen LogP contribution in [0.25, 0.3) is 0 Å². The fourth-order valence-electron chi connectivity index (χ4n) is 3.11. The van der Waals surface area contributed by atoms with Crippen molar-refractivity contribution in [1.29, 1.82) is 0 Å². The Morgan fingerprint density at radius 2 is 2.38 bits per heavy atom. The van der Waals surface area contributed by atoms with Gasteiger partial charge in [-0.1, -0.05) is 0 Å². The number of hydrogen-bond donors (Lipinski definition) is 0. The van der Waals surface area contributed by atoms with Crippen molar-refractivity contribution in [2.24, 2.45) is 5.92 Å². The highest BCUT2D eigenvalue weighted by atomic mass is 32.1. The Hall–Kier alpha value is -1.86. The van der Waals surface area contributed by atoms with Crippen molar-refractivity contribution in [3.05, 3.63) is 45.9 Å². The van der Waals surface area contributed by atoms with Crippen LogP contribution in [-0.4, -0.2) is 52.4 Å². The molecular weight excluding hydrogens is 327 g/mol. The van der Waals surface area contributed by atoms with E-state index in [4.69, 9.17) is 0 Å². The zero-order chi connectivity index (χ0) is 17.1. The molecule has 1 amide bonds. The first-order valence-corrected chi connectivity index (χ1v) is 8.89. The summed E-state index contributed by atoms with van der Waals surface area (Å²) in [6, 6.07) is 1.45. The Morgan fingerprint density at radius 1 is 1.54 bits per heavy atom. The van der Waals surface area contributed by atoms with Crippen molar-refractivity contribution in [2.45, 2.75) is 19.9 Å². The number of halogens is 1. The molecule has 24 heavy (non-hydrogen) atoms. The van der Waals surface area contributed by atoms with Crippen molar-refractivity contribution < 1.29 is 9.18 Å². The molecule has 7 heteroatoms. The van der Waals surface area contributed by atoms with Crippen LogP contribution in [0.1, 0.15) is 27.3 Å². The molecule has 2 aromatic heterocycles. The first-order chi connectivity index (χ1) is 11.5. The fourth-order valence-corrected chi connectivity index (χ4v) is 3.97. The summed E-state index contributed by atoms with van der Waals surface area (Å²) in [5, 5.41) is 0. The molecule has 0 spiro atoms. The van der Waals surface area contributed by atoms with Gasteiger partial charge in [-0.25, -0.2) is 9.37 Å². The zero-order valence-corrected chi connectivity index (χ0v) is 14.7. The van der Waals surface area contributed by atoms with Crippen molar-refractivity contribution in [3.8, 4) is 0 Å². The molecule has 0 saturated carbocycles. The lowest BCUT2D eigenvalue weighted by molar-refractivity contribution is 0.0779. The minimum Gasteiger partial charge on any atom is -0.338 e. The van der Waals surface area contributed by atoms with Crippen LogP contribution in [0.5, 0.6) is 0 Å². The Balaban J connectivity index is 1.54. The van der Waals surface area contributed by atoms with Crippen LogP contribution < -0.4 is 0 Å². The van der Waals surface area contributed by atoms with Gasteiger partial charge in [-0.05, 0) is 32.4 Å². The molecule has 0 bridgehead atoms. The van der Waals surface area contributed by atoms with E-state index in [-0.39, 0.29) is 11.5 Å². The van der Waals surface area contributed by atoms with Gasteiger partial charge in [0.1, 0.15) is 0 Å². The molecule has 0 aliphatic carbocycles. The summed E-state index contributed by atoms with van der Waals surface area (Å²) >= 11 is 1.68. The number of aromatic nitrogens is 2. The smallest absolute Gasteiger partial charge is 0.256 e. The van der Waals surface area contributed by atoms with Crippen molar-refractivity contribution in [2.75, 3.05) is 26.7 Å². The zero-order valence-electron chi connectivity index (χ0n) is 13.9. The molecule has 3 heterocycles. The first-order valence-electron chi connectivity index (χ1n) is 8.01. The second kappa shape index (κ2) is 7.36. The predicted octanol–water partition coefficient (Wildman–Crippen LogP) is 2.58. The van der Waals surface area contributed by atoms with Gasteiger partial charge >= 0.3 is 0 Å². The minimum absolute atomic E-state index is 0.110. The van der Waals surface area contributed by atoms with E-state index in [0.29, 0.717) is 19.0 Å². The Kier molecular flexibility index (Phi) is 5.20. The molecule has 0 N–H and O–H groups in total. The van der Waals surface area contributed by atoms with E-state index in [2.05, 4.69) is 21.9 Å². The number of hydrogen-bond acceptors (Lipinski definition) is 5. The van der Waals surface area contributed by atoms with Crippen LogP contribution in [0.3, 0.4) is 0 Å². The first kappa shape index (κ1) is 17.0. The van der Waals surface area contributed by atoms with Gasteiger partial charge in [-0.15, -0.1) is 11.3 Å². The summed E-state index contributed by atoms with van der Waals surface area (Å²) < 4.78 is 13.7. The highest BCUT2D eigenvalue weighted by Crippen LogP contribution is 2.22. The van der Waals surface area contributed by atoms with E-state index in [9.17, 15) is 9.18 Å². The van der Waals surface area contributed by atoms with Crippen molar-refractivity contribution >= 4 is 17.2 Å². The Bertz CT molecular complexity index is 720. The largest absolute Gasteiger partial charge is 0.338 e. The molecule has 2 aromatic rings. The van der Waals surface area contributed by atoms with Gasteiger partial charge in [0.15, 0.2) is 5.82 Å². The summed E-state index contributed by atoms with van der Waals surface area (Å²) in [6.45, 7) is 5.17. The number of amides is 1. The average molecular weight is 348 g/mol. The molecule has 1 atom stereocenters. The van der Waals surface area contributed by atoms with Crippen molar-refractivity contribution in [1.82, 2.24) is 19.8 Å². The molecule has 128 valence electrons. The van der Waals surface area contributed by atoms with E-state index in [1.807, 2.05) is 12.4 Å². The van der Waals surface area contributed by atoms with Gasteiger partial charge in [0.2, 0.25) is 0 Å². The molecule has 0 radical (unpaired) electrons. The van der Waals surface area contributed by atoms with E-state index in [0.717, 1.165) is 31.4 Å².